The second-order valence-electron chi connectivity index (χ2n) is 12.7. The highest BCUT2D eigenvalue weighted by atomic mass is 32.1. The first-order chi connectivity index (χ1) is 25.3. The van der Waals surface area contributed by atoms with Crippen molar-refractivity contribution in [2.45, 2.75) is 0 Å². The van der Waals surface area contributed by atoms with Crippen molar-refractivity contribution in [2.24, 2.45) is 0 Å². The van der Waals surface area contributed by atoms with Crippen molar-refractivity contribution < 1.29 is 4.42 Å². The van der Waals surface area contributed by atoms with Crippen molar-refractivity contribution in [1.82, 2.24) is 15.0 Å². The zero-order valence-electron chi connectivity index (χ0n) is 27.0. The molecule has 4 heterocycles. The average Bonchev–Trinajstić information content (AvgIpc) is 3.89. The highest BCUT2D eigenvalue weighted by molar-refractivity contribution is 7.26. The first-order valence-electron chi connectivity index (χ1n) is 16.9. The minimum absolute atomic E-state index is 0.606. The van der Waals surface area contributed by atoms with Crippen molar-refractivity contribution in [2.75, 3.05) is 0 Å². The van der Waals surface area contributed by atoms with E-state index in [2.05, 4.69) is 121 Å². The van der Waals surface area contributed by atoms with Gasteiger partial charge in [-0.1, -0.05) is 121 Å². The number of para-hydroxylation sites is 1. The molecule has 0 aliphatic heterocycles. The minimum Gasteiger partial charge on any atom is -0.455 e. The normalized spacial score (nSPS) is 11.9. The van der Waals surface area contributed by atoms with E-state index in [9.17, 15) is 0 Å². The van der Waals surface area contributed by atoms with Crippen LogP contribution in [-0.4, -0.2) is 15.0 Å². The molecule has 6 heteroatoms. The SMILES string of the molecule is c1ccc(-c2nc(-c3ccc4c(c3)oc3c(-c5cccc6c5sc5ccccc56)cccc34)nc(-c3cccc4c3sc3ccccc34)n2)cc1. The van der Waals surface area contributed by atoms with Crippen LogP contribution in [0, 0.1) is 0 Å². The standard InChI is InChI=1S/C45H25N3OS2/c1-2-11-26(12-3-1)43-46-44(48-45(47-43)36-20-10-18-34-30-14-5-7-22-39(30)51-42(34)36)27-23-24-28-31-15-8-16-32(40(31)49-37(28)25-27)35-19-9-17-33-29-13-4-6-21-38(29)50-41(33)35/h1-25H. The van der Waals surface area contributed by atoms with E-state index in [1.54, 1.807) is 11.3 Å². The van der Waals surface area contributed by atoms with Crippen LogP contribution in [0.25, 0.3) is 108 Å². The first-order valence-corrected chi connectivity index (χ1v) is 18.5. The Morgan fingerprint density at radius 3 is 1.65 bits per heavy atom. The van der Waals surface area contributed by atoms with Gasteiger partial charge in [0.1, 0.15) is 11.2 Å². The summed E-state index contributed by atoms with van der Waals surface area (Å²) in [5, 5.41) is 7.17. The summed E-state index contributed by atoms with van der Waals surface area (Å²) in [4.78, 5) is 15.3. The van der Waals surface area contributed by atoms with Crippen LogP contribution >= 0.6 is 22.7 Å². The Hall–Kier alpha value is -6.21. The monoisotopic (exact) mass is 687 g/mol. The van der Waals surface area contributed by atoms with Gasteiger partial charge >= 0.3 is 0 Å². The zero-order chi connectivity index (χ0) is 33.5. The van der Waals surface area contributed by atoms with E-state index in [0.717, 1.165) is 44.2 Å². The average molecular weight is 688 g/mol. The van der Waals surface area contributed by atoms with E-state index in [1.807, 2.05) is 41.7 Å². The van der Waals surface area contributed by atoms with Gasteiger partial charge in [-0.15, -0.1) is 22.7 Å². The van der Waals surface area contributed by atoms with Crippen LogP contribution in [0.2, 0.25) is 0 Å². The van der Waals surface area contributed by atoms with Gasteiger partial charge in [0.05, 0.1) is 0 Å². The maximum Gasteiger partial charge on any atom is 0.165 e. The third-order valence-corrected chi connectivity index (χ3v) is 12.2. The van der Waals surface area contributed by atoms with Gasteiger partial charge in [0.15, 0.2) is 17.5 Å². The molecule has 0 fully saturated rings. The lowest BCUT2D eigenvalue weighted by molar-refractivity contribution is 0.670. The third kappa shape index (κ3) is 4.47. The van der Waals surface area contributed by atoms with Crippen LogP contribution in [0.4, 0.5) is 0 Å². The number of furan rings is 1. The molecule has 4 aromatic heterocycles. The summed E-state index contributed by atoms with van der Waals surface area (Å²) in [5.74, 6) is 1.89. The Kier molecular flexibility index (Phi) is 6.26. The quantitative estimate of drug-likeness (QED) is 0.185. The van der Waals surface area contributed by atoms with Crippen LogP contribution in [-0.2, 0) is 0 Å². The van der Waals surface area contributed by atoms with Crippen LogP contribution in [0.15, 0.2) is 156 Å². The summed E-state index contributed by atoms with van der Waals surface area (Å²) in [6.07, 6.45) is 0. The Morgan fingerprint density at radius 1 is 0.373 bits per heavy atom. The van der Waals surface area contributed by atoms with E-state index in [-0.39, 0.29) is 0 Å². The highest BCUT2D eigenvalue weighted by Gasteiger charge is 2.19. The summed E-state index contributed by atoms with van der Waals surface area (Å²) in [6, 6.07) is 53.0. The number of hydrogen-bond donors (Lipinski definition) is 0. The van der Waals surface area contributed by atoms with Crippen LogP contribution in [0.5, 0.6) is 0 Å². The van der Waals surface area contributed by atoms with Crippen molar-refractivity contribution in [1.29, 1.82) is 0 Å². The van der Waals surface area contributed by atoms with Gasteiger partial charge in [0.2, 0.25) is 0 Å². The molecule has 0 spiro atoms. The lowest BCUT2D eigenvalue weighted by Crippen LogP contribution is -2.00. The fraction of sp³-hybridized carbons (Fsp3) is 0. The molecule has 238 valence electrons. The Balaban J connectivity index is 1.10. The molecule has 0 aliphatic carbocycles. The summed E-state index contributed by atoms with van der Waals surface area (Å²) < 4.78 is 11.8. The fourth-order valence-electron chi connectivity index (χ4n) is 7.37. The predicted octanol–water partition coefficient (Wildman–Crippen LogP) is 13.2. The molecule has 0 saturated carbocycles. The third-order valence-electron chi connectivity index (χ3n) is 9.76. The molecule has 4 nitrogen and oxygen atoms in total. The summed E-state index contributed by atoms with van der Waals surface area (Å²) in [5.41, 5.74) is 6.77. The molecule has 0 atom stereocenters. The van der Waals surface area contributed by atoms with Gasteiger partial charge in [0.25, 0.3) is 0 Å². The number of thiophene rings is 2. The van der Waals surface area contributed by atoms with Gasteiger partial charge in [0, 0.05) is 78.9 Å². The number of aromatic nitrogens is 3. The molecule has 11 aromatic rings. The molecule has 0 saturated heterocycles. The summed E-state index contributed by atoms with van der Waals surface area (Å²) >= 11 is 3.61. The first kappa shape index (κ1) is 28.6. The smallest absolute Gasteiger partial charge is 0.165 e. The number of benzene rings is 7. The van der Waals surface area contributed by atoms with Crippen LogP contribution in [0.3, 0.4) is 0 Å². The van der Waals surface area contributed by atoms with E-state index in [0.29, 0.717) is 17.5 Å². The molecule has 0 aliphatic rings. The van der Waals surface area contributed by atoms with E-state index < -0.39 is 0 Å². The van der Waals surface area contributed by atoms with Gasteiger partial charge in [-0.05, 0) is 30.3 Å². The van der Waals surface area contributed by atoms with E-state index in [1.165, 1.54) is 45.9 Å². The predicted molar refractivity (Wildman–Crippen MR) is 215 cm³/mol. The van der Waals surface area contributed by atoms with Crippen LogP contribution < -0.4 is 0 Å². The molecule has 0 bridgehead atoms. The van der Waals surface area contributed by atoms with E-state index in [4.69, 9.17) is 19.4 Å². The summed E-state index contributed by atoms with van der Waals surface area (Å²) in [7, 11) is 0. The summed E-state index contributed by atoms with van der Waals surface area (Å²) in [6.45, 7) is 0. The molecule has 0 amide bonds. The van der Waals surface area contributed by atoms with Crippen LogP contribution in [0.1, 0.15) is 0 Å². The van der Waals surface area contributed by atoms with Gasteiger partial charge < -0.3 is 4.42 Å². The number of fused-ring (bicyclic) bond motifs is 9. The van der Waals surface area contributed by atoms with Crippen molar-refractivity contribution in [3.05, 3.63) is 152 Å². The lowest BCUT2D eigenvalue weighted by atomic mass is 10.00. The minimum atomic E-state index is 0.606. The zero-order valence-corrected chi connectivity index (χ0v) is 28.6. The number of rotatable bonds is 4. The topological polar surface area (TPSA) is 51.8 Å². The second-order valence-corrected chi connectivity index (χ2v) is 14.8. The largest absolute Gasteiger partial charge is 0.455 e. The molecule has 51 heavy (non-hydrogen) atoms. The van der Waals surface area contributed by atoms with Gasteiger partial charge in [-0.2, -0.15) is 0 Å². The molecule has 0 radical (unpaired) electrons. The Morgan fingerprint density at radius 2 is 0.922 bits per heavy atom. The fourth-order valence-corrected chi connectivity index (χ4v) is 9.82. The molecular weight excluding hydrogens is 663 g/mol. The van der Waals surface area contributed by atoms with Gasteiger partial charge in [-0.3, -0.25) is 0 Å². The van der Waals surface area contributed by atoms with Crippen molar-refractivity contribution in [3.63, 3.8) is 0 Å². The maximum absolute atomic E-state index is 6.78. The number of nitrogens with zero attached hydrogens (tertiary/aromatic N) is 3. The number of hydrogen-bond acceptors (Lipinski definition) is 6. The Labute approximate surface area is 299 Å². The lowest BCUT2D eigenvalue weighted by Gasteiger charge is -2.09. The Bertz CT molecular complexity index is 3160. The van der Waals surface area contributed by atoms with E-state index >= 15 is 0 Å². The maximum atomic E-state index is 6.78. The molecular formula is C45H25N3OS2. The van der Waals surface area contributed by atoms with Crippen molar-refractivity contribution in [3.8, 4) is 45.3 Å². The highest BCUT2D eigenvalue weighted by Crippen LogP contribution is 2.44. The van der Waals surface area contributed by atoms with Gasteiger partial charge in [-0.25, -0.2) is 15.0 Å². The molecule has 11 rings (SSSR count). The molecule has 7 aromatic carbocycles. The molecule has 0 N–H and O–H groups in total. The van der Waals surface area contributed by atoms with Crippen molar-refractivity contribution >= 4 is 85.0 Å². The second kappa shape index (κ2) is 11.2. The molecule has 0 unspecified atom stereocenters.